The molecule has 0 aromatic heterocycles. The molecule has 2 saturated heterocycles. The largest absolute Gasteiger partial charge is 0.292 e. The van der Waals surface area contributed by atoms with Crippen molar-refractivity contribution in [1.29, 1.82) is 0 Å². The number of imide groups is 1. The summed E-state index contributed by atoms with van der Waals surface area (Å²) in [4.78, 5) is 28.9. The van der Waals surface area contributed by atoms with E-state index in [1.165, 1.54) is 10.5 Å². The van der Waals surface area contributed by atoms with Crippen molar-refractivity contribution in [2.75, 3.05) is 18.0 Å². The van der Waals surface area contributed by atoms with Crippen molar-refractivity contribution < 1.29 is 9.59 Å². The molecule has 2 aliphatic rings. The molecule has 140 valence electrons. The van der Waals surface area contributed by atoms with Gasteiger partial charge in [-0.1, -0.05) is 41.9 Å². The first kappa shape index (κ1) is 18.2. The minimum Gasteiger partial charge on any atom is -0.292 e. The van der Waals surface area contributed by atoms with Crippen LogP contribution in [-0.2, 0) is 16.0 Å². The van der Waals surface area contributed by atoms with Crippen molar-refractivity contribution in [1.82, 2.24) is 4.90 Å². The summed E-state index contributed by atoms with van der Waals surface area (Å²) in [6, 6.07) is 17.1. The number of halogens is 1. The molecule has 0 radical (unpaired) electrons. The highest BCUT2D eigenvalue weighted by atomic mass is 35.5. The van der Waals surface area contributed by atoms with Crippen LogP contribution in [0.2, 0.25) is 5.02 Å². The van der Waals surface area contributed by atoms with Crippen molar-refractivity contribution in [3.05, 3.63) is 65.2 Å². The Morgan fingerprint density at radius 1 is 0.926 bits per heavy atom. The molecule has 2 heterocycles. The lowest BCUT2D eigenvalue weighted by Crippen LogP contribution is -2.46. The molecule has 2 aromatic carbocycles. The molecule has 2 aliphatic heterocycles. The normalized spacial score (nSPS) is 21.8. The van der Waals surface area contributed by atoms with Crippen molar-refractivity contribution in [3.63, 3.8) is 0 Å². The number of rotatable bonds is 4. The molecule has 0 aliphatic carbocycles. The topological polar surface area (TPSA) is 40.6 Å². The van der Waals surface area contributed by atoms with Crippen LogP contribution in [0.5, 0.6) is 0 Å². The van der Waals surface area contributed by atoms with E-state index < -0.39 is 0 Å². The maximum Gasteiger partial charge on any atom is 0.251 e. The van der Waals surface area contributed by atoms with Crippen molar-refractivity contribution in [3.8, 4) is 0 Å². The average Bonchev–Trinajstić information content (AvgIpc) is 2.98. The lowest BCUT2D eigenvalue weighted by molar-refractivity contribution is -0.123. The summed E-state index contributed by atoms with van der Waals surface area (Å²) in [6.45, 7) is 1.74. The average molecular weight is 383 g/mol. The van der Waals surface area contributed by atoms with Gasteiger partial charge in [0.1, 0.15) is 0 Å². The van der Waals surface area contributed by atoms with Gasteiger partial charge in [-0.25, -0.2) is 4.90 Å². The van der Waals surface area contributed by atoms with Gasteiger partial charge in [-0.05, 0) is 68.1 Å². The summed E-state index contributed by atoms with van der Waals surface area (Å²) in [7, 11) is 0. The van der Waals surface area contributed by atoms with E-state index in [-0.39, 0.29) is 24.3 Å². The number of carbonyl (C=O) groups is 2. The third-order valence-corrected chi connectivity index (χ3v) is 5.92. The third-order valence-electron chi connectivity index (χ3n) is 5.66. The van der Waals surface area contributed by atoms with Crippen LogP contribution < -0.4 is 4.90 Å². The predicted molar refractivity (Wildman–Crippen MR) is 107 cm³/mol. The number of amides is 2. The van der Waals surface area contributed by atoms with Crippen LogP contribution in [0, 0.1) is 5.92 Å². The van der Waals surface area contributed by atoms with Gasteiger partial charge in [-0.15, -0.1) is 0 Å². The highest BCUT2D eigenvalue weighted by Gasteiger charge is 2.43. The second kappa shape index (κ2) is 7.83. The minimum atomic E-state index is -0.328. The Kier molecular flexibility index (Phi) is 5.28. The standard InChI is InChI=1S/C22H23ClN2O2/c23-18-6-8-19(9-7-18)25-21(26)15-20(22(25)27)24-12-10-17(11-13-24)14-16-4-2-1-3-5-16/h1-9,17,20H,10-15H2/t20-/m1/s1. The number of nitrogens with zero attached hydrogens (tertiary/aromatic N) is 2. The summed E-state index contributed by atoms with van der Waals surface area (Å²) in [5, 5.41) is 0.592. The molecule has 4 nitrogen and oxygen atoms in total. The van der Waals surface area contributed by atoms with Crippen molar-refractivity contribution in [2.45, 2.75) is 31.7 Å². The first-order valence-electron chi connectivity index (χ1n) is 9.52. The zero-order valence-electron chi connectivity index (χ0n) is 15.2. The van der Waals surface area contributed by atoms with Gasteiger partial charge in [-0.2, -0.15) is 0 Å². The molecule has 0 saturated carbocycles. The number of carbonyl (C=O) groups excluding carboxylic acids is 2. The zero-order chi connectivity index (χ0) is 18.8. The molecule has 5 heteroatoms. The van der Waals surface area contributed by atoms with Crippen LogP contribution in [0.4, 0.5) is 5.69 Å². The second-order valence-electron chi connectivity index (χ2n) is 7.43. The number of likely N-dealkylation sites (tertiary alicyclic amines) is 1. The van der Waals surface area contributed by atoms with Crippen molar-refractivity contribution in [2.24, 2.45) is 5.92 Å². The van der Waals surface area contributed by atoms with Crippen LogP contribution in [0.1, 0.15) is 24.8 Å². The fourth-order valence-electron chi connectivity index (χ4n) is 4.18. The Morgan fingerprint density at radius 3 is 2.26 bits per heavy atom. The van der Waals surface area contributed by atoms with E-state index >= 15 is 0 Å². The number of anilines is 1. The Balaban J connectivity index is 1.38. The van der Waals surface area contributed by atoms with E-state index in [4.69, 9.17) is 11.6 Å². The minimum absolute atomic E-state index is 0.108. The Bertz CT molecular complexity index is 814. The Hall–Kier alpha value is -2.17. The Morgan fingerprint density at radius 2 is 1.59 bits per heavy atom. The lowest BCUT2D eigenvalue weighted by atomic mass is 9.89. The van der Waals surface area contributed by atoms with Gasteiger partial charge in [0.25, 0.3) is 5.91 Å². The van der Waals surface area contributed by atoms with E-state index in [0.717, 1.165) is 32.4 Å². The zero-order valence-corrected chi connectivity index (χ0v) is 15.9. The summed E-state index contributed by atoms with van der Waals surface area (Å²) >= 11 is 5.92. The number of hydrogen-bond donors (Lipinski definition) is 0. The van der Waals surface area contributed by atoms with E-state index in [1.54, 1.807) is 24.3 Å². The highest BCUT2D eigenvalue weighted by molar-refractivity contribution is 6.30. The fourth-order valence-corrected chi connectivity index (χ4v) is 4.30. The molecule has 27 heavy (non-hydrogen) atoms. The van der Waals surface area contributed by atoms with Crippen LogP contribution >= 0.6 is 11.6 Å². The van der Waals surface area contributed by atoms with E-state index in [1.807, 2.05) is 6.07 Å². The lowest BCUT2D eigenvalue weighted by Gasteiger charge is -2.34. The van der Waals surface area contributed by atoms with E-state index in [9.17, 15) is 9.59 Å². The van der Waals surface area contributed by atoms with Gasteiger partial charge in [-0.3, -0.25) is 14.5 Å². The quantitative estimate of drug-likeness (QED) is 0.752. The number of hydrogen-bond acceptors (Lipinski definition) is 3. The van der Waals surface area contributed by atoms with Gasteiger partial charge in [0.15, 0.2) is 0 Å². The molecule has 0 unspecified atom stereocenters. The van der Waals surface area contributed by atoms with Crippen LogP contribution in [0.15, 0.2) is 54.6 Å². The molecule has 2 aromatic rings. The highest BCUT2D eigenvalue weighted by Crippen LogP contribution is 2.30. The molecule has 1 atom stereocenters. The molecule has 2 fully saturated rings. The van der Waals surface area contributed by atoms with E-state index in [2.05, 4.69) is 29.2 Å². The van der Waals surface area contributed by atoms with Gasteiger partial charge >= 0.3 is 0 Å². The summed E-state index contributed by atoms with van der Waals surface area (Å²) in [5.74, 6) is 0.408. The molecular formula is C22H23ClN2O2. The fraction of sp³-hybridized carbons (Fsp3) is 0.364. The SMILES string of the molecule is O=C1C[C@@H](N2CCC(Cc3ccccc3)CC2)C(=O)N1c1ccc(Cl)cc1. The van der Waals surface area contributed by atoms with Gasteiger partial charge < -0.3 is 0 Å². The monoisotopic (exact) mass is 382 g/mol. The van der Waals surface area contributed by atoms with Crippen LogP contribution in [0.25, 0.3) is 0 Å². The third kappa shape index (κ3) is 3.92. The maximum absolute atomic E-state index is 12.9. The molecule has 4 rings (SSSR count). The van der Waals surface area contributed by atoms with Crippen molar-refractivity contribution >= 4 is 29.1 Å². The van der Waals surface area contributed by atoms with Gasteiger partial charge in [0.05, 0.1) is 18.2 Å². The van der Waals surface area contributed by atoms with E-state index in [0.29, 0.717) is 16.6 Å². The summed E-state index contributed by atoms with van der Waals surface area (Å²) in [5.41, 5.74) is 1.98. The van der Waals surface area contributed by atoms with Crippen LogP contribution in [-0.4, -0.2) is 35.8 Å². The van der Waals surface area contributed by atoms with Crippen LogP contribution in [0.3, 0.4) is 0 Å². The summed E-state index contributed by atoms with van der Waals surface area (Å²) in [6.07, 6.45) is 3.48. The molecule has 0 N–H and O–H groups in total. The van der Waals surface area contributed by atoms with Gasteiger partial charge in [0, 0.05) is 5.02 Å². The molecule has 2 amide bonds. The molecule has 0 bridgehead atoms. The molecular weight excluding hydrogens is 360 g/mol. The maximum atomic E-state index is 12.9. The van der Waals surface area contributed by atoms with Gasteiger partial charge in [0.2, 0.25) is 5.91 Å². The predicted octanol–water partition coefficient (Wildman–Crippen LogP) is 3.93. The first-order chi connectivity index (χ1) is 13.1. The molecule has 0 spiro atoms. The second-order valence-corrected chi connectivity index (χ2v) is 7.87. The first-order valence-corrected chi connectivity index (χ1v) is 9.90. The smallest absolute Gasteiger partial charge is 0.251 e. The number of benzene rings is 2. The Labute approximate surface area is 164 Å². The summed E-state index contributed by atoms with van der Waals surface area (Å²) < 4.78 is 0. The number of piperidine rings is 1.